The Morgan fingerprint density at radius 1 is 1.32 bits per heavy atom. The zero-order valence-corrected chi connectivity index (χ0v) is 18.4. The van der Waals surface area contributed by atoms with Gasteiger partial charge in [0.15, 0.2) is 10.6 Å². The molecule has 0 bridgehead atoms. The van der Waals surface area contributed by atoms with Crippen molar-refractivity contribution in [2.75, 3.05) is 14.2 Å². The number of non-ortho nitro benzene ring substituents is 1. The van der Waals surface area contributed by atoms with E-state index in [1.54, 1.807) is 18.7 Å². The van der Waals surface area contributed by atoms with Gasteiger partial charge in [-0.3, -0.25) is 24.6 Å². The molecule has 0 fully saturated rings. The van der Waals surface area contributed by atoms with E-state index in [0.717, 1.165) is 11.3 Å². The number of H-pyrrole nitrogens is 1. The minimum atomic E-state index is -0.497. The quantitative estimate of drug-likeness (QED) is 0.305. The van der Waals surface area contributed by atoms with Crippen molar-refractivity contribution in [2.45, 2.75) is 19.5 Å². The molecule has 162 valence electrons. The van der Waals surface area contributed by atoms with Crippen LogP contribution in [0.5, 0.6) is 5.75 Å². The Bertz CT molecular complexity index is 1160. The number of nitro groups is 1. The fourth-order valence-corrected chi connectivity index (χ4v) is 3.42. The standard InChI is InChI=1S/C20H20ClN5O4S/c1-24(12-14-11-15(26(28)29)5-8-17(14)21)18(27)9-10-25-19(22-23-20(25)31)13-3-6-16(30-2)7-4-13/h3-8,11H,9-10,12H2,1-2H3,(H,23,31). The van der Waals surface area contributed by atoms with E-state index in [2.05, 4.69) is 10.2 Å². The highest BCUT2D eigenvalue weighted by Crippen LogP contribution is 2.24. The maximum Gasteiger partial charge on any atom is 0.269 e. The monoisotopic (exact) mass is 461 g/mol. The number of methoxy groups -OCH3 is 1. The number of halogens is 1. The summed E-state index contributed by atoms with van der Waals surface area (Å²) in [4.78, 5) is 24.6. The molecule has 2 aromatic carbocycles. The van der Waals surface area contributed by atoms with Crippen molar-refractivity contribution in [3.63, 3.8) is 0 Å². The Morgan fingerprint density at radius 3 is 2.68 bits per heavy atom. The number of rotatable bonds is 8. The summed E-state index contributed by atoms with van der Waals surface area (Å²) in [6, 6.07) is 11.5. The number of nitro benzene ring substituents is 1. The molecule has 3 rings (SSSR count). The van der Waals surface area contributed by atoms with Crippen molar-refractivity contribution in [3.8, 4) is 17.1 Å². The van der Waals surface area contributed by atoms with Crippen LogP contribution in [-0.2, 0) is 17.9 Å². The molecule has 11 heteroatoms. The number of carbonyl (C=O) groups excluding carboxylic acids is 1. The third kappa shape index (κ3) is 5.28. The highest BCUT2D eigenvalue weighted by Gasteiger charge is 2.16. The molecule has 31 heavy (non-hydrogen) atoms. The topological polar surface area (TPSA) is 106 Å². The molecule has 1 N–H and O–H groups in total. The van der Waals surface area contributed by atoms with Gasteiger partial charge in [-0.05, 0) is 48.1 Å². The third-order valence-corrected chi connectivity index (χ3v) is 5.41. The van der Waals surface area contributed by atoms with Gasteiger partial charge in [-0.1, -0.05) is 11.6 Å². The summed E-state index contributed by atoms with van der Waals surface area (Å²) >= 11 is 11.5. The number of benzene rings is 2. The van der Waals surface area contributed by atoms with E-state index in [-0.39, 0.29) is 24.6 Å². The normalized spacial score (nSPS) is 10.7. The van der Waals surface area contributed by atoms with Crippen molar-refractivity contribution in [1.82, 2.24) is 19.7 Å². The van der Waals surface area contributed by atoms with Gasteiger partial charge in [0.25, 0.3) is 5.69 Å². The third-order valence-electron chi connectivity index (χ3n) is 4.73. The summed E-state index contributed by atoms with van der Waals surface area (Å²) in [5, 5.41) is 18.4. The first kappa shape index (κ1) is 22.4. The summed E-state index contributed by atoms with van der Waals surface area (Å²) in [6.45, 7) is 0.476. The lowest BCUT2D eigenvalue weighted by molar-refractivity contribution is -0.384. The fourth-order valence-electron chi connectivity index (χ4n) is 3.02. The van der Waals surface area contributed by atoms with E-state index in [1.165, 1.54) is 23.1 Å². The lowest BCUT2D eigenvalue weighted by Crippen LogP contribution is -2.27. The molecule has 0 aliphatic carbocycles. The van der Waals surface area contributed by atoms with Crippen LogP contribution in [0.25, 0.3) is 11.4 Å². The van der Waals surface area contributed by atoms with Crippen molar-refractivity contribution in [2.24, 2.45) is 0 Å². The smallest absolute Gasteiger partial charge is 0.269 e. The SMILES string of the molecule is COc1ccc(-c2n[nH]c(=S)n2CCC(=O)N(C)Cc2cc([N+](=O)[O-])ccc2Cl)cc1. The molecular weight excluding hydrogens is 442 g/mol. The molecule has 0 saturated carbocycles. The molecule has 0 spiro atoms. The van der Waals surface area contributed by atoms with Gasteiger partial charge in [0.1, 0.15) is 5.75 Å². The van der Waals surface area contributed by atoms with Gasteiger partial charge in [-0.15, -0.1) is 0 Å². The Kier molecular flexibility index (Phi) is 7.03. The number of carbonyl (C=O) groups is 1. The predicted molar refractivity (Wildman–Crippen MR) is 119 cm³/mol. The van der Waals surface area contributed by atoms with Crippen molar-refractivity contribution in [3.05, 3.63) is 67.9 Å². The molecule has 0 aliphatic heterocycles. The predicted octanol–water partition coefficient (Wildman–Crippen LogP) is 4.23. The van der Waals surface area contributed by atoms with Gasteiger partial charge in [0.05, 0.1) is 12.0 Å². The van der Waals surface area contributed by atoms with E-state index < -0.39 is 4.92 Å². The van der Waals surface area contributed by atoms with Gasteiger partial charge in [0, 0.05) is 49.3 Å². The average Bonchev–Trinajstić information content (AvgIpc) is 3.13. The number of aromatic nitrogens is 3. The zero-order chi connectivity index (χ0) is 22.5. The van der Waals surface area contributed by atoms with Gasteiger partial charge >= 0.3 is 0 Å². The summed E-state index contributed by atoms with van der Waals surface area (Å²) in [5.41, 5.74) is 1.26. The van der Waals surface area contributed by atoms with Crippen LogP contribution in [0, 0.1) is 14.9 Å². The lowest BCUT2D eigenvalue weighted by atomic mass is 10.2. The maximum atomic E-state index is 12.7. The van der Waals surface area contributed by atoms with Crippen LogP contribution in [0.1, 0.15) is 12.0 Å². The van der Waals surface area contributed by atoms with E-state index in [1.807, 2.05) is 24.3 Å². The summed E-state index contributed by atoms with van der Waals surface area (Å²) in [6.07, 6.45) is 0.167. The Morgan fingerprint density at radius 2 is 2.03 bits per heavy atom. The fraction of sp³-hybridized carbons (Fsp3) is 0.250. The van der Waals surface area contributed by atoms with E-state index in [0.29, 0.717) is 27.7 Å². The van der Waals surface area contributed by atoms with Crippen molar-refractivity contribution >= 4 is 35.4 Å². The Balaban J connectivity index is 1.70. The first-order valence-corrected chi connectivity index (χ1v) is 10.0. The first-order chi connectivity index (χ1) is 14.8. The number of hydrogen-bond acceptors (Lipinski definition) is 6. The summed E-state index contributed by atoms with van der Waals surface area (Å²) in [7, 11) is 3.21. The van der Waals surface area contributed by atoms with Crippen molar-refractivity contribution < 1.29 is 14.5 Å². The summed E-state index contributed by atoms with van der Waals surface area (Å²) < 4.78 is 7.33. The molecule has 1 heterocycles. The van der Waals surface area contributed by atoms with Crippen LogP contribution in [0.3, 0.4) is 0 Å². The van der Waals surface area contributed by atoms with E-state index >= 15 is 0 Å². The minimum absolute atomic E-state index is 0.0749. The molecule has 0 saturated heterocycles. The van der Waals surface area contributed by atoms with E-state index in [4.69, 9.17) is 28.6 Å². The molecule has 0 atom stereocenters. The van der Waals surface area contributed by atoms with Gasteiger partial charge in [-0.25, -0.2) is 0 Å². The van der Waals surface area contributed by atoms with Crippen LogP contribution in [0.4, 0.5) is 5.69 Å². The maximum absolute atomic E-state index is 12.7. The number of hydrogen-bond donors (Lipinski definition) is 1. The van der Waals surface area contributed by atoms with Gasteiger partial charge in [-0.2, -0.15) is 5.10 Å². The molecule has 0 radical (unpaired) electrons. The molecule has 1 aromatic heterocycles. The zero-order valence-electron chi connectivity index (χ0n) is 16.9. The van der Waals surface area contributed by atoms with Gasteiger partial charge in [0.2, 0.25) is 5.91 Å². The molecule has 0 unspecified atom stereocenters. The number of nitrogens with zero attached hydrogens (tertiary/aromatic N) is 4. The number of aromatic amines is 1. The minimum Gasteiger partial charge on any atom is -0.497 e. The van der Waals surface area contributed by atoms with Crippen LogP contribution < -0.4 is 4.74 Å². The van der Waals surface area contributed by atoms with E-state index in [9.17, 15) is 14.9 Å². The second-order valence-corrected chi connectivity index (χ2v) is 7.56. The molecule has 1 amide bonds. The molecule has 3 aromatic rings. The van der Waals surface area contributed by atoms with Crippen LogP contribution >= 0.6 is 23.8 Å². The molecule has 0 aliphatic rings. The molecular formula is C20H20ClN5O4S. The second-order valence-electron chi connectivity index (χ2n) is 6.77. The lowest BCUT2D eigenvalue weighted by Gasteiger charge is -2.18. The second kappa shape index (κ2) is 9.71. The average molecular weight is 462 g/mol. The largest absolute Gasteiger partial charge is 0.497 e. The number of amides is 1. The highest BCUT2D eigenvalue weighted by atomic mass is 35.5. The highest BCUT2D eigenvalue weighted by molar-refractivity contribution is 7.71. The van der Waals surface area contributed by atoms with Crippen molar-refractivity contribution in [1.29, 1.82) is 0 Å². The van der Waals surface area contributed by atoms with Crippen LogP contribution in [0.15, 0.2) is 42.5 Å². The van der Waals surface area contributed by atoms with Crippen LogP contribution in [0.2, 0.25) is 5.02 Å². The molecule has 9 nitrogen and oxygen atoms in total. The number of ether oxygens (including phenoxy) is 1. The Labute approximate surface area is 188 Å². The van der Waals surface area contributed by atoms with Gasteiger partial charge < -0.3 is 9.64 Å². The van der Waals surface area contributed by atoms with Crippen LogP contribution in [-0.4, -0.2) is 44.7 Å². The first-order valence-electron chi connectivity index (χ1n) is 9.26. The number of nitrogens with one attached hydrogen (secondary N) is 1. The summed E-state index contributed by atoms with van der Waals surface area (Å²) in [5.74, 6) is 1.18. The Hall–Kier alpha value is -3.24.